The van der Waals surface area contributed by atoms with Gasteiger partial charge in [-0.1, -0.05) is 23.2 Å². The van der Waals surface area contributed by atoms with E-state index in [1.165, 1.54) is 6.92 Å². The average Bonchev–Trinajstić information content (AvgIpc) is 2.58. The Morgan fingerprint density at radius 2 is 1.96 bits per heavy atom. The third-order valence-electron chi connectivity index (χ3n) is 4.05. The lowest BCUT2D eigenvalue weighted by molar-refractivity contribution is -0.129. The van der Waals surface area contributed by atoms with Gasteiger partial charge >= 0.3 is 0 Å². The van der Waals surface area contributed by atoms with Gasteiger partial charge in [0.2, 0.25) is 11.8 Å². The molecule has 0 aromatic heterocycles. The van der Waals surface area contributed by atoms with Crippen LogP contribution in [0.3, 0.4) is 0 Å². The highest BCUT2D eigenvalue weighted by atomic mass is 35.5. The van der Waals surface area contributed by atoms with E-state index in [4.69, 9.17) is 27.9 Å². The molecule has 1 aromatic rings. The van der Waals surface area contributed by atoms with E-state index in [1.807, 2.05) is 0 Å². The quantitative estimate of drug-likeness (QED) is 0.780. The zero-order chi connectivity index (χ0) is 18.2. The number of hydrogen-bond donors (Lipinski definition) is 1. The number of morpholine rings is 1. The molecule has 0 unspecified atom stereocenters. The van der Waals surface area contributed by atoms with Crippen molar-refractivity contribution in [1.82, 2.24) is 9.80 Å². The Kier molecular flexibility index (Phi) is 7.96. The van der Waals surface area contributed by atoms with Crippen molar-refractivity contribution in [3.05, 3.63) is 28.2 Å². The van der Waals surface area contributed by atoms with Gasteiger partial charge in [0.1, 0.15) is 0 Å². The monoisotopic (exact) mass is 387 g/mol. The topological polar surface area (TPSA) is 61.9 Å². The molecule has 138 valence electrons. The molecule has 0 atom stereocenters. The molecule has 0 radical (unpaired) electrons. The third kappa shape index (κ3) is 6.82. The number of rotatable bonds is 7. The second-order valence-corrected chi connectivity index (χ2v) is 6.73. The molecule has 1 heterocycles. The number of ether oxygens (including phenoxy) is 1. The van der Waals surface area contributed by atoms with Gasteiger partial charge in [0.25, 0.3) is 0 Å². The fraction of sp³-hybridized carbons (Fsp3) is 0.529. The summed E-state index contributed by atoms with van der Waals surface area (Å²) in [5.41, 5.74) is 0.513. The number of halogens is 2. The van der Waals surface area contributed by atoms with Crippen molar-refractivity contribution in [2.45, 2.75) is 13.3 Å². The first kappa shape index (κ1) is 20.0. The molecule has 6 nitrogen and oxygen atoms in total. The lowest BCUT2D eigenvalue weighted by Crippen LogP contribution is -2.43. The number of carbonyl (C=O) groups is 2. The summed E-state index contributed by atoms with van der Waals surface area (Å²) in [6, 6.07) is 4.89. The molecular weight excluding hydrogens is 365 g/mol. The van der Waals surface area contributed by atoms with Crippen LogP contribution < -0.4 is 5.32 Å². The van der Waals surface area contributed by atoms with Crippen molar-refractivity contribution in [3.63, 3.8) is 0 Å². The van der Waals surface area contributed by atoms with Crippen LogP contribution in [0.5, 0.6) is 0 Å². The number of amides is 2. The fourth-order valence-electron chi connectivity index (χ4n) is 2.55. The number of nitrogens with zero attached hydrogens (tertiary/aromatic N) is 2. The number of anilines is 1. The normalized spacial score (nSPS) is 15.0. The van der Waals surface area contributed by atoms with E-state index in [0.717, 1.165) is 32.8 Å². The highest BCUT2D eigenvalue weighted by Gasteiger charge is 2.15. The molecule has 2 rings (SSSR count). The summed E-state index contributed by atoms with van der Waals surface area (Å²) in [5.74, 6) is -0.229. The van der Waals surface area contributed by atoms with E-state index < -0.39 is 0 Å². The fourth-order valence-corrected chi connectivity index (χ4v) is 3.01. The molecule has 1 fully saturated rings. The standard InChI is InChI=1S/C17H23Cl2N3O3/c1-13(23)22(7-6-21-8-10-25-11-9-21)5-4-17(24)20-16-3-2-14(18)12-15(16)19/h2-3,12H,4-11H2,1H3,(H,20,24). The molecule has 0 bridgehead atoms. The Morgan fingerprint density at radius 3 is 2.60 bits per heavy atom. The number of hydrogen-bond acceptors (Lipinski definition) is 4. The lowest BCUT2D eigenvalue weighted by Gasteiger charge is -2.29. The van der Waals surface area contributed by atoms with Crippen LogP contribution in [0.1, 0.15) is 13.3 Å². The Bertz CT molecular complexity index is 607. The van der Waals surface area contributed by atoms with Crippen molar-refractivity contribution in [3.8, 4) is 0 Å². The first-order valence-electron chi connectivity index (χ1n) is 8.26. The van der Waals surface area contributed by atoms with Crippen molar-refractivity contribution in [1.29, 1.82) is 0 Å². The van der Waals surface area contributed by atoms with Crippen molar-refractivity contribution in [2.75, 3.05) is 51.3 Å². The van der Waals surface area contributed by atoms with Gasteiger partial charge in [0, 0.05) is 51.1 Å². The van der Waals surface area contributed by atoms with Crippen molar-refractivity contribution in [2.24, 2.45) is 0 Å². The second-order valence-electron chi connectivity index (χ2n) is 5.88. The Hall–Kier alpha value is -1.34. The van der Waals surface area contributed by atoms with Crippen LogP contribution in [0.2, 0.25) is 10.0 Å². The van der Waals surface area contributed by atoms with E-state index in [1.54, 1.807) is 23.1 Å². The second kappa shape index (κ2) is 9.97. The molecule has 1 aliphatic heterocycles. The van der Waals surface area contributed by atoms with Gasteiger partial charge in [-0.2, -0.15) is 0 Å². The van der Waals surface area contributed by atoms with Gasteiger partial charge in [0.15, 0.2) is 0 Å². The zero-order valence-corrected chi connectivity index (χ0v) is 15.8. The highest BCUT2D eigenvalue weighted by Crippen LogP contribution is 2.25. The molecule has 2 amide bonds. The van der Waals surface area contributed by atoms with Crippen LogP contribution in [0.25, 0.3) is 0 Å². The van der Waals surface area contributed by atoms with Crippen LogP contribution in [0.4, 0.5) is 5.69 Å². The SMILES string of the molecule is CC(=O)N(CCC(=O)Nc1ccc(Cl)cc1Cl)CCN1CCOCC1. The van der Waals surface area contributed by atoms with E-state index in [0.29, 0.717) is 28.8 Å². The maximum absolute atomic E-state index is 12.1. The Balaban J connectivity index is 1.79. The van der Waals surface area contributed by atoms with Crippen molar-refractivity contribution < 1.29 is 14.3 Å². The summed E-state index contributed by atoms with van der Waals surface area (Å²) in [6.07, 6.45) is 0.210. The number of nitrogens with one attached hydrogen (secondary N) is 1. The van der Waals surface area contributed by atoms with Crippen LogP contribution in [-0.4, -0.2) is 67.6 Å². The first-order chi connectivity index (χ1) is 12.0. The molecular formula is C17H23Cl2N3O3. The Labute approximate surface area is 158 Å². The maximum Gasteiger partial charge on any atom is 0.226 e. The van der Waals surface area contributed by atoms with Gasteiger partial charge in [-0.25, -0.2) is 0 Å². The third-order valence-corrected chi connectivity index (χ3v) is 4.60. The molecule has 0 aliphatic carbocycles. The van der Waals surface area contributed by atoms with Crippen LogP contribution in [-0.2, 0) is 14.3 Å². The highest BCUT2D eigenvalue weighted by molar-refractivity contribution is 6.36. The molecule has 1 N–H and O–H groups in total. The summed E-state index contributed by atoms with van der Waals surface area (Å²) in [5, 5.41) is 3.64. The molecule has 1 saturated heterocycles. The summed E-state index contributed by atoms with van der Waals surface area (Å²) < 4.78 is 5.31. The van der Waals surface area contributed by atoms with Gasteiger partial charge in [-0.3, -0.25) is 14.5 Å². The average molecular weight is 388 g/mol. The van der Waals surface area contributed by atoms with Gasteiger partial charge in [-0.05, 0) is 18.2 Å². The molecule has 8 heteroatoms. The molecule has 1 aromatic carbocycles. The van der Waals surface area contributed by atoms with E-state index >= 15 is 0 Å². The summed E-state index contributed by atoms with van der Waals surface area (Å²) in [7, 11) is 0. The predicted molar refractivity (Wildman–Crippen MR) is 99.2 cm³/mol. The van der Waals surface area contributed by atoms with Crippen LogP contribution >= 0.6 is 23.2 Å². The molecule has 1 aliphatic rings. The minimum atomic E-state index is -0.193. The summed E-state index contributed by atoms with van der Waals surface area (Å²) >= 11 is 11.9. The Morgan fingerprint density at radius 1 is 1.24 bits per heavy atom. The van der Waals surface area contributed by atoms with E-state index in [-0.39, 0.29) is 18.2 Å². The number of carbonyl (C=O) groups excluding carboxylic acids is 2. The molecule has 25 heavy (non-hydrogen) atoms. The largest absolute Gasteiger partial charge is 0.379 e. The van der Waals surface area contributed by atoms with E-state index in [2.05, 4.69) is 10.2 Å². The van der Waals surface area contributed by atoms with Crippen LogP contribution in [0.15, 0.2) is 18.2 Å². The van der Waals surface area contributed by atoms with E-state index in [9.17, 15) is 9.59 Å². The van der Waals surface area contributed by atoms with Crippen molar-refractivity contribution >= 4 is 40.7 Å². The lowest BCUT2D eigenvalue weighted by atomic mass is 10.3. The van der Waals surface area contributed by atoms with Gasteiger partial charge < -0.3 is 15.0 Å². The molecule has 0 spiro atoms. The smallest absolute Gasteiger partial charge is 0.226 e. The predicted octanol–water partition coefficient (Wildman–Crippen LogP) is 2.50. The molecule has 0 saturated carbocycles. The number of benzene rings is 1. The minimum absolute atomic E-state index is 0.0365. The van der Waals surface area contributed by atoms with Crippen LogP contribution in [0, 0.1) is 0 Å². The summed E-state index contributed by atoms with van der Waals surface area (Å²) in [6.45, 7) is 6.49. The summed E-state index contributed by atoms with van der Waals surface area (Å²) in [4.78, 5) is 27.9. The van der Waals surface area contributed by atoms with Gasteiger partial charge in [0.05, 0.1) is 23.9 Å². The minimum Gasteiger partial charge on any atom is -0.379 e. The first-order valence-corrected chi connectivity index (χ1v) is 9.02. The van der Waals surface area contributed by atoms with Gasteiger partial charge in [-0.15, -0.1) is 0 Å². The maximum atomic E-state index is 12.1. The zero-order valence-electron chi connectivity index (χ0n) is 14.3.